The highest BCUT2D eigenvalue weighted by Crippen LogP contribution is 2.31. The number of aromatic nitrogens is 4. The highest BCUT2D eigenvalue weighted by molar-refractivity contribution is 6.12. The van der Waals surface area contributed by atoms with Crippen molar-refractivity contribution in [3.63, 3.8) is 0 Å². The van der Waals surface area contributed by atoms with Crippen molar-refractivity contribution in [2.45, 2.75) is 27.7 Å². The summed E-state index contributed by atoms with van der Waals surface area (Å²) >= 11 is 0. The predicted octanol–water partition coefficient (Wildman–Crippen LogP) is 3.66. The minimum atomic E-state index is 0.823. The van der Waals surface area contributed by atoms with Crippen molar-refractivity contribution in [3.05, 3.63) is 46.5 Å². The summed E-state index contributed by atoms with van der Waals surface area (Å²) in [4.78, 5) is 0. The molecule has 4 heteroatoms. The van der Waals surface area contributed by atoms with Gasteiger partial charge in [-0.2, -0.15) is 4.52 Å². The maximum Gasteiger partial charge on any atom is 0.187 e. The molecule has 0 N–H and O–H groups in total. The minimum absolute atomic E-state index is 0.823. The normalized spacial score (nSPS) is 11.8. The second-order valence-electron chi connectivity index (χ2n) is 5.85. The van der Waals surface area contributed by atoms with Crippen molar-refractivity contribution in [2.24, 2.45) is 0 Å². The molecule has 104 valence electrons. The van der Waals surface area contributed by atoms with Gasteiger partial charge in [0.05, 0.1) is 5.52 Å². The van der Waals surface area contributed by atoms with Gasteiger partial charge in [0.15, 0.2) is 5.65 Å². The van der Waals surface area contributed by atoms with E-state index >= 15 is 0 Å². The van der Waals surface area contributed by atoms with Crippen LogP contribution in [0.1, 0.15) is 22.3 Å². The number of fused-ring (bicyclic) bond motifs is 6. The van der Waals surface area contributed by atoms with Gasteiger partial charge in [0, 0.05) is 10.8 Å². The zero-order valence-electron chi connectivity index (χ0n) is 12.6. The van der Waals surface area contributed by atoms with E-state index in [-0.39, 0.29) is 0 Å². The van der Waals surface area contributed by atoms with E-state index in [9.17, 15) is 0 Å². The molecule has 4 rings (SSSR count). The summed E-state index contributed by atoms with van der Waals surface area (Å²) in [5, 5.41) is 15.8. The van der Waals surface area contributed by atoms with E-state index in [1.165, 1.54) is 33.0 Å². The number of hydrogen-bond acceptors (Lipinski definition) is 3. The molecular weight excluding hydrogens is 260 g/mol. The first-order valence-corrected chi connectivity index (χ1v) is 7.08. The molecule has 4 nitrogen and oxygen atoms in total. The first-order valence-electron chi connectivity index (χ1n) is 7.08. The van der Waals surface area contributed by atoms with Crippen LogP contribution in [-0.4, -0.2) is 20.0 Å². The molecule has 0 atom stereocenters. The summed E-state index contributed by atoms with van der Waals surface area (Å²) in [7, 11) is 0. The Morgan fingerprint density at radius 3 is 2.00 bits per heavy atom. The van der Waals surface area contributed by atoms with Crippen LogP contribution in [0.4, 0.5) is 0 Å². The Morgan fingerprint density at radius 1 is 0.714 bits per heavy atom. The molecule has 4 aromatic rings. The summed E-state index contributed by atoms with van der Waals surface area (Å²) in [5.41, 5.74) is 6.98. The number of nitrogens with zero attached hydrogens (tertiary/aromatic N) is 4. The van der Waals surface area contributed by atoms with Crippen LogP contribution < -0.4 is 0 Å². The van der Waals surface area contributed by atoms with Crippen LogP contribution in [0, 0.1) is 27.7 Å². The fourth-order valence-corrected chi connectivity index (χ4v) is 2.93. The Hall–Kier alpha value is -2.49. The lowest BCUT2D eigenvalue weighted by molar-refractivity contribution is 0.842. The minimum Gasteiger partial charge on any atom is -0.192 e. The Morgan fingerprint density at radius 2 is 1.29 bits per heavy atom. The molecule has 0 aliphatic rings. The quantitative estimate of drug-likeness (QED) is 0.460. The zero-order chi connectivity index (χ0) is 14.7. The molecular formula is C17H16N4. The number of tetrazole rings is 1. The standard InChI is InChI=1S/C17H16N4/c1-9-5-13-14-6-10(2)12(4)8-16(14)21-17(18-19-20-21)15(13)7-11(9)3/h5-8H,1-4H3. The Labute approximate surface area is 122 Å². The first-order chi connectivity index (χ1) is 10.1. The van der Waals surface area contributed by atoms with Crippen molar-refractivity contribution in [1.82, 2.24) is 20.0 Å². The van der Waals surface area contributed by atoms with Gasteiger partial charge >= 0.3 is 0 Å². The summed E-state index contributed by atoms with van der Waals surface area (Å²) in [5.74, 6) is 0. The lowest BCUT2D eigenvalue weighted by Crippen LogP contribution is -1.96. The molecule has 21 heavy (non-hydrogen) atoms. The lowest BCUT2D eigenvalue weighted by Gasteiger charge is -2.11. The number of aryl methyl sites for hydroxylation is 4. The third-order valence-electron chi connectivity index (χ3n) is 4.47. The van der Waals surface area contributed by atoms with Crippen LogP contribution in [0.5, 0.6) is 0 Å². The van der Waals surface area contributed by atoms with E-state index in [4.69, 9.17) is 0 Å². The molecule has 0 aliphatic carbocycles. The van der Waals surface area contributed by atoms with E-state index in [1.807, 2.05) is 4.52 Å². The van der Waals surface area contributed by atoms with Crippen molar-refractivity contribution >= 4 is 27.3 Å². The monoisotopic (exact) mass is 276 g/mol. The van der Waals surface area contributed by atoms with Crippen molar-refractivity contribution in [3.8, 4) is 0 Å². The molecule has 0 fully saturated rings. The predicted molar refractivity (Wildman–Crippen MR) is 84.7 cm³/mol. The summed E-state index contributed by atoms with van der Waals surface area (Å²) in [6.07, 6.45) is 0. The fraction of sp³-hybridized carbons (Fsp3) is 0.235. The largest absolute Gasteiger partial charge is 0.192 e. The van der Waals surface area contributed by atoms with E-state index in [2.05, 4.69) is 67.5 Å². The van der Waals surface area contributed by atoms with Gasteiger partial charge in [-0.25, -0.2) is 0 Å². The van der Waals surface area contributed by atoms with Crippen molar-refractivity contribution in [1.29, 1.82) is 0 Å². The second-order valence-corrected chi connectivity index (χ2v) is 5.85. The molecule has 2 heterocycles. The van der Waals surface area contributed by atoms with Gasteiger partial charge in [-0.15, -0.1) is 5.10 Å². The third-order valence-corrected chi connectivity index (χ3v) is 4.47. The zero-order valence-corrected chi connectivity index (χ0v) is 12.6. The SMILES string of the molecule is Cc1cc2c3cc(C)c(C)cc3n3nnnc3c2cc1C. The van der Waals surface area contributed by atoms with Gasteiger partial charge in [0.2, 0.25) is 0 Å². The highest BCUT2D eigenvalue weighted by atomic mass is 15.5. The van der Waals surface area contributed by atoms with Crippen molar-refractivity contribution < 1.29 is 0 Å². The Bertz CT molecular complexity index is 946. The summed E-state index contributed by atoms with van der Waals surface area (Å²) in [6.45, 7) is 8.54. The molecule has 0 saturated carbocycles. The van der Waals surface area contributed by atoms with Crippen LogP contribution >= 0.6 is 0 Å². The Kier molecular flexibility index (Phi) is 2.34. The van der Waals surface area contributed by atoms with E-state index in [0.717, 1.165) is 16.6 Å². The first kappa shape index (κ1) is 12.3. The summed E-state index contributed by atoms with van der Waals surface area (Å²) in [6, 6.07) is 8.84. The highest BCUT2D eigenvalue weighted by Gasteiger charge is 2.13. The van der Waals surface area contributed by atoms with E-state index < -0.39 is 0 Å². The van der Waals surface area contributed by atoms with E-state index in [1.54, 1.807) is 0 Å². The van der Waals surface area contributed by atoms with Crippen LogP contribution in [0.25, 0.3) is 27.3 Å². The molecule has 2 aromatic heterocycles. The fourth-order valence-electron chi connectivity index (χ4n) is 2.93. The van der Waals surface area contributed by atoms with Crippen LogP contribution in [0.15, 0.2) is 24.3 Å². The van der Waals surface area contributed by atoms with Gasteiger partial charge in [-0.1, -0.05) is 6.07 Å². The molecule has 0 amide bonds. The van der Waals surface area contributed by atoms with Crippen LogP contribution in [0.2, 0.25) is 0 Å². The summed E-state index contributed by atoms with van der Waals surface area (Å²) < 4.78 is 1.85. The average Bonchev–Trinajstić information content (AvgIpc) is 2.93. The average molecular weight is 276 g/mol. The van der Waals surface area contributed by atoms with Crippen LogP contribution in [0.3, 0.4) is 0 Å². The van der Waals surface area contributed by atoms with E-state index in [0.29, 0.717) is 0 Å². The maximum atomic E-state index is 4.22. The third kappa shape index (κ3) is 1.59. The van der Waals surface area contributed by atoms with Gasteiger partial charge in [0.1, 0.15) is 0 Å². The molecule has 2 aromatic carbocycles. The number of hydrogen-bond donors (Lipinski definition) is 0. The molecule has 0 bridgehead atoms. The number of rotatable bonds is 0. The lowest BCUT2D eigenvalue weighted by atomic mass is 9.98. The van der Waals surface area contributed by atoms with Gasteiger partial charge < -0.3 is 0 Å². The molecule has 0 radical (unpaired) electrons. The molecule has 0 spiro atoms. The van der Waals surface area contributed by atoms with Crippen LogP contribution in [-0.2, 0) is 0 Å². The number of benzene rings is 2. The Balaban J connectivity index is 2.39. The van der Waals surface area contributed by atoms with Gasteiger partial charge in [-0.3, -0.25) is 0 Å². The number of pyridine rings is 1. The van der Waals surface area contributed by atoms with Gasteiger partial charge in [0.25, 0.3) is 0 Å². The molecule has 0 saturated heterocycles. The smallest absolute Gasteiger partial charge is 0.187 e. The van der Waals surface area contributed by atoms with Crippen molar-refractivity contribution in [2.75, 3.05) is 0 Å². The molecule has 0 aliphatic heterocycles. The topological polar surface area (TPSA) is 43.1 Å². The maximum absolute atomic E-state index is 4.22. The van der Waals surface area contributed by atoms with Gasteiger partial charge in [-0.05, 0) is 84.0 Å². The second kappa shape index (κ2) is 4.01. The molecule has 0 unspecified atom stereocenters.